The average Bonchev–Trinajstić information content (AvgIpc) is 1.98. The number of hydrogen-bond acceptors (Lipinski definition) is 2. The minimum Gasteiger partial charge on any atom is -0.329 e. The van der Waals surface area contributed by atoms with Gasteiger partial charge in [0.1, 0.15) is 0 Å². The lowest BCUT2D eigenvalue weighted by molar-refractivity contribution is 1.12. The lowest BCUT2D eigenvalue weighted by Gasteiger charge is -1.96. The summed E-state index contributed by atoms with van der Waals surface area (Å²) in [5.74, 6) is 0. The molecule has 0 bridgehead atoms. The predicted octanol–water partition coefficient (Wildman–Crippen LogP) is 0.749. The zero-order valence-corrected chi connectivity index (χ0v) is 6.22. The van der Waals surface area contributed by atoms with Crippen LogP contribution >= 0.6 is 0 Å². The van der Waals surface area contributed by atoms with E-state index in [-0.39, 0.29) is 5.56 Å². The van der Waals surface area contributed by atoms with Gasteiger partial charge < -0.3 is 4.98 Å². The lowest BCUT2D eigenvalue weighted by Crippen LogP contribution is -2.06. The van der Waals surface area contributed by atoms with Gasteiger partial charge in [-0.15, -0.1) is 0 Å². The van der Waals surface area contributed by atoms with Crippen molar-refractivity contribution in [2.75, 3.05) is 0 Å². The summed E-state index contributed by atoms with van der Waals surface area (Å²) in [4.78, 5) is 13.3. The van der Waals surface area contributed by atoms with Crippen molar-refractivity contribution in [1.29, 1.82) is 5.26 Å². The molecular weight excluding hydrogens is 140 g/mol. The number of nitrogens with one attached hydrogen (secondary N) is 1. The predicted molar refractivity (Wildman–Crippen MR) is 41.1 cm³/mol. The molecule has 1 rings (SSSR count). The fraction of sp³-hybridized carbons (Fsp3) is 0.250. The highest BCUT2D eigenvalue weighted by atomic mass is 16.1. The Morgan fingerprint density at radius 3 is 3.09 bits per heavy atom. The van der Waals surface area contributed by atoms with Crippen molar-refractivity contribution in [3.8, 4) is 6.07 Å². The van der Waals surface area contributed by atoms with Gasteiger partial charge in [0, 0.05) is 12.3 Å². The number of hydrogen-bond donors (Lipinski definition) is 1. The van der Waals surface area contributed by atoms with E-state index in [0.717, 1.165) is 11.1 Å². The van der Waals surface area contributed by atoms with Crippen molar-refractivity contribution in [1.82, 2.24) is 4.98 Å². The van der Waals surface area contributed by atoms with Gasteiger partial charge in [0.25, 0.3) is 0 Å². The van der Waals surface area contributed by atoms with Crippen LogP contribution in [0.4, 0.5) is 0 Å². The topological polar surface area (TPSA) is 56.6 Å². The molecule has 0 amide bonds. The van der Waals surface area contributed by atoms with Gasteiger partial charge in [0.05, 0.1) is 12.5 Å². The number of aryl methyl sites for hydroxylation is 1. The van der Waals surface area contributed by atoms with Crippen molar-refractivity contribution >= 4 is 0 Å². The molecule has 56 valence electrons. The van der Waals surface area contributed by atoms with Crippen molar-refractivity contribution in [3.63, 3.8) is 0 Å². The molecule has 3 heteroatoms. The van der Waals surface area contributed by atoms with Gasteiger partial charge in [-0.25, -0.2) is 0 Å². The van der Waals surface area contributed by atoms with E-state index < -0.39 is 0 Å². The number of aromatic nitrogens is 1. The van der Waals surface area contributed by atoms with E-state index in [1.54, 1.807) is 6.20 Å². The van der Waals surface area contributed by atoms with E-state index in [1.165, 1.54) is 6.07 Å². The summed E-state index contributed by atoms with van der Waals surface area (Å²) >= 11 is 0. The Morgan fingerprint density at radius 2 is 2.45 bits per heavy atom. The monoisotopic (exact) mass is 148 g/mol. The van der Waals surface area contributed by atoms with Crippen LogP contribution in [0, 0.1) is 18.3 Å². The highest BCUT2D eigenvalue weighted by molar-refractivity contribution is 5.24. The quantitative estimate of drug-likeness (QED) is 0.638. The number of aromatic amines is 1. The summed E-state index contributed by atoms with van der Waals surface area (Å²) in [7, 11) is 0. The largest absolute Gasteiger partial charge is 0.329 e. The van der Waals surface area contributed by atoms with Crippen LogP contribution in [0.25, 0.3) is 0 Å². The second-order valence-electron chi connectivity index (χ2n) is 2.34. The molecule has 1 aromatic heterocycles. The van der Waals surface area contributed by atoms with Crippen molar-refractivity contribution in [2.24, 2.45) is 0 Å². The molecule has 0 radical (unpaired) electrons. The molecule has 11 heavy (non-hydrogen) atoms. The van der Waals surface area contributed by atoms with Crippen LogP contribution in [0.15, 0.2) is 17.1 Å². The molecule has 0 saturated carbocycles. The van der Waals surface area contributed by atoms with E-state index in [1.807, 2.05) is 13.0 Å². The number of nitrogens with zero attached hydrogens (tertiary/aromatic N) is 1. The van der Waals surface area contributed by atoms with Crippen molar-refractivity contribution in [3.05, 3.63) is 33.7 Å². The smallest absolute Gasteiger partial charge is 0.248 e. The Hall–Kier alpha value is -1.56. The summed E-state index contributed by atoms with van der Waals surface area (Å²) in [5.41, 5.74) is 1.60. The van der Waals surface area contributed by atoms with Gasteiger partial charge >= 0.3 is 0 Å². The fourth-order valence-electron chi connectivity index (χ4n) is 0.861. The Morgan fingerprint density at radius 1 is 1.73 bits per heavy atom. The van der Waals surface area contributed by atoms with E-state index in [0.29, 0.717) is 6.42 Å². The molecule has 0 aliphatic carbocycles. The Balaban J connectivity index is 3.15. The first-order chi connectivity index (χ1) is 5.24. The zero-order valence-electron chi connectivity index (χ0n) is 6.22. The second-order valence-corrected chi connectivity index (χ2v) is 2.34. The average molecular weight is 148 g/mol. The number of pyridine rings is 1. The zero-order chi connectivity index (χ0) is 8.27. The molecule has 0 atom stereocenters. The first-order valence-electron chi connectivity index (χ1n) is 3.29. The minimum atomic E-state index is -0.152. The third kappa shape index (κ3) is 1.68. The minimum absolute atomic E-state index is 0.152. The van der Waals surface area contributed by atoms with Crippen LogP contribution in [0.5, 0.6) is 0 Å². The third-order valence-electron chi connectivity index (χ3n) is 1.51. The normalized spacial score (nSPS) is 9.09. The van der Waals surface area contributed by atoms with Crippen LogP contribution in [-0.4, -0.2) is 4.98 Å². The number of nitriles is 1. The molecule has 0 aromatic carbocycles. The Bertz CT molecular complexity index is 346. The fourth-order valence-corrected chi connectivity index (χ4v) is 0.861. The van der Waals surface area contributed by atoms with Gasteiger partial charge in [-0.2, -0.15) is 5.26 Å². The highest BCUT2D eigenvalue weighted by Gasteiger charge is 1.96. The summed E-state index contributed by atoms with van der Waals surface area (Å²) < 4.78 is 0. The van der Waals surface area contributed by atoms with Crippen LogP contribution in [-0.2, 0) is 6.42 Å². The summed E-state index contributed by atoms with van der Waals surface area (Å²) in [6.45, 7) is 1.86. The van der Waals surface area contributed by atoms with Gasteiger partial charge in [-0.05, 0) is 18.1 Å². The highest BCUT2D eigenvalue weighted by Crippen LogP contribution is 2.01. The van der Waals surface area contributed by atoms with Crippen LogP contribution < -0.4 is 5.56 Å². The van der Waals surface area contributed by atoms with Gasteiger partial charge in [0.2, 0.25) is 5.56 Å². The molecule has 0 saturated heterocycles. The number of H-pyrrole nitrogens is 1. The molecule has 1 heterocycles. The molecular formula is C8H8N2O. The standard InChI is InChI=1S/C8H8N2O/c1-6-5-10-8(11)4-7(6)2-3-9/h4-5H,2H2,1H3,(H,10,11). The molecule has 0 unspecified atom stereocenters. The lowest BCUT2D eigenvalue weighted by atomic mass is 10.1. The van der Waals surface area contributed by atoms with Crippen LogP contribution in [0.2, 0.25) is 0 Å². The first kappa shape index (κ1) is 7.55. The van der Waals surface area contributed by atoms with E-state index in [2.05, 4.69) is 4.98 Å². The Labute approximate surface area is 64.3 Å². The molecule has 0 fully saturated rings. The number of rotatable bonds is 1. The van der Waals surface area contributed by atoms with E-state index in [4.69, 9.17) is 5.26 Å². The van der Waals surface area contributed by atoms with Crippen LogP contribution in [0.3, 0.4) is 0 Å². The van der Waals surface area contributed by atoms with Crippen LogP contribution in [0.1, 0.15) is 11.1 Å². The SMILES string of the molecule is Cc1c[nH]c(=O)cc1CC#N. The third-order valence-corrected chi connectivity index (χ3v) is 1.51. The molecule has 1 N–H and O–H groups in total. The van der Waals surface area contributed by atoms with Crippen molar-refractivity contribution in [2.45, 2.75) is 13.3 Å². The van der Waals surface area contributed by atoms with Gasteiger partial charge in [-0.3, -0.25) is 4.79 Å². The maximum atomic E-state index is 10.8. The molecule has 0 aliphatic rings. The van der Waals surface area contributed by atoms with Gasteiger partial charge in [0.15, 0.2) is 0 Å². The maximum Gasteiger partial charge on any atom is 0.248 e. The molecule has 0 aliphatic heterocycles. The van der Waals surface area contributed by atoms with E-state index in [9.17, 15) is 4.79 Å². The summed E-state index contributed by atoms with van der Waals surface area (Å²) in [6.07, 6.45) is 1.92. The molecule has 0 spiro atoms. The molecule has 3 nitrogen and oxygen atoms in total. The second kappa shape index (κ2) is 3.02. The molecule has 1 aromatic rings. The maximum absolute atomic E-state index is 10.8. The van der Waals surface area contributed by atoms with E-state index >= 15 is 0 Å². The first-order valence-corrected chi connectivity index (χ1v) is 3.29. The van der Waals surface area contributed by atoms with Gasteiger partial charge in [-0.1, -0.05) is 0 Å². The van der Waals surface area contributed by atoms with Crippen molar-refractivity contribution < 1.29 is 0 Å². The summed E-state index contributed by atoms with van der Waals surface area (Å²) in [5, 5.41) is 8.37. The summed E-state index contributed by atoms with van der Waals surface area (Å²) in [6, 6.07) is 3.46. The Kier molecular flexibility index (Phi) is 2.07.